The summed E-state index contributed by atoms with van der Waals surface area (Å²) >= 11 is 5.93. The molecule has 0 radical (unpaired) electrons. The van der Waals surface area contributed by atoms with Gasteiger partial charge >= 0.3 is 0 Å². The van der Waals surface area contributed by atoms with E-state index in [2.05, 4.69) is 24.4 Å². The molecule has 0 spiro atoms. The molecule has 0 aliphatic rings. The fraction of sp³-hybridized carbons (Fsp3) is 0.333. The Kier molecular flexibility index (Phi) is 2.92. The summed E-state index contributed by atoms with van der Waals surface area (Å²) < 4.78 is 0. The summed E-state index contributed by atoms with van der Waals surface area (Å²) in [6.45, 7) is 2.06. The van der Waals surface area contributed by atoms with Crippen molar-refractivity contribution in [1.82, 2.24) is 5.32 Å². The second-order valence-corrected chi connectivity index (χ2v) is 3.00. The molecular weight excluding hydrogens is 158 g/mol. The first kappa shape index (κ1) is 8.57. The van der Waals surface area contributed by atoms with Gasteiger partial charge in [0.05, 0.1) is 0 Å². The van der Waals surface area contributed by atoms with E-state index in [9.17, 15) is 0 Å². The molecule has 60 valence electrons. The molecule has 0 amide bonds. The molecule has 0 saturated carbocycles. The Balaban J connectivity index is 2.81. The zero-order valence-electron chi connectivity index (χ0n) is 6.76. The Morgan fingerprint density at radius 3 is 2.27 bits per heavy atom. The summed E-state index contributed by atoms with van der Waals surface area (Å²) in [5.41, 5.74) is 2.30. The average Bonchev–Trinajstić information content (AvgIpc) is 2.05. The monoisotopic (exact) mass is 169 g/mol. The molecule has 0 aromatic heterocycles. The van der Waals surface area contributed by atoms with E-state index in [0.717, 1.165) is 5.56 Å². The van der Waals surface area contributed by atoms with E-state index in [0.29, 0.717) is 0 Å². The normalized spacial score (nSPS) is 13.0. The molecule has 1 rings (SSSR count). The first-order valence-corrected chi connectivity index (χ1v) is 4.05. The molecule has 2 heteroatoms. The smallest absolute Gasteiger partial charge is 0.108 e. The number of nitrogens with one attached hydrogen (secondary N) is 1. The van der Waals surface area contributed by atoms with Crippen molar-refractivity contribution in [2.75, 3.05) is 7.05 Å². The van der Waals surface area contributed by atoms with Gasteiger partial charge < -0.3 is 5.32 Å². The SMILES string of the molecule is CNC(Cl)c1ccc(C)cc1. The van der Waals surface area contributed by atoms with Gasteiger partial charge in [0.2, 0.25) is 0 Å². The molecule has 1 aromatic carbocycles. The number of hydrogen-bond acceptors (Lipinski definition) is 1. The Hall–Kier alpha value is -0.530. The van der Waals surface area contributed by atoms with E-state index in [4.69, 9.17) is 11.6 Å². The van der Waals surface area contributed by atoms with Crippen LogP contribution >= 0.6 is 11.6 Å². The van der Waals surface area contributed by atoms with Crippen LogP contribution in [0.15, 0.2) is 24.3 Å². The lowest BCUT2D eigenvalue weighted by Crippen LogP contribution is -2.09. The van der Waals surface area contributed by atoms with Crippen molar-refractivity contribution < 1.29 is 0 Å². The molecule has 1 nitrogen and oxygen atoms in total. The van der Waals surface area contributed by atoms with Gasteiger partial charge in [0.25, 0.3) is 0 Å². The van der Waals surface area contributed by atoms with Gasteiger partial charge in [0.1, 0.15) is 5.50 Å². The number of rotatable bonds is 2. The van der Waals surface area contributed by atoms with Crippen LogP contribution in [0.4, 0.5) is 0 Å². The molecule has 1 aromatic rings. The maximum absolute atomic E-state index is 5.93. The summed E-state index contributed by atoms with van der Waals surface area (Å²) in [5, 5.41) is 2.97. The lowest BCUT2D eigenvalue weighted by molar-refractivity contribution is 0.783. The van der Waals surface area contributed by atoms with E-state index in [-0.39, 0.29) is 5.50 Å². The fourth-order valence-electron chi connectivity index (χ4n) is 0.902. The summed E-state index contributed by atoms with van der Waals surface area (Å²) in [4.78, 5) is 0. The van der Waals surface area contributed by atoms with Gasteiger partial charge in [0, 0.05) is 0 Å². The highest BCUT2D eigenvalue weighted by molar-refractivity contribution is 6.20. The summed E-state index contributed by atoms with van der Waals surface area (Å²) in [5.74, 6) is 0. The minimum absolute atomic E-state index is 0.0735. The molecule has 0 aliphatic heterocycles. The number of aryl methyl sites for hydroxylation is 1. The summed E-state index contributed by atoms with van der Waals surface area (Å²) in [7, 11) is 1.84. The van der Waals surface area contributed by atoms with E-state index < -0.39 is 0 Å². The molecule has 1 unspecified atom stereocenters. The molecule has 0 aliphatic carbocycles. The van der Waals surface area contributed by atoms with Gasteiger partial charge in [-0.05, 0) is 19.5 Å². The lowest BCUT2D eigenvalue weighted by atomic mass is 10.1. The predicted octanol–water partition coefficient (Wildman–Crippen LogP) is 2.45. The zero-order valence-corrected chi connectivity index (χ0v) is 7.52. The third-order valence-electron chi connectivity index (χ3n) is 1.62. The van der Waals surface area contributed by atoms with E-state index in [1.54, 1.807) is 0 Å². The van der Waals surface area contributed by atoms with E-state index >= 15 is 0 Å². The van der Waals surface area contributed by atoms with Crippen LogP contribution in [-0.2, 0) is 0 Å². The molecule has 0 fully saturated rings. The first-order valence-electron chi connectivity index (χ1n) is 3.62. The highest BCUT2D eigenvalue weighted by Gasteiger charge is 2.01. The number of halogens is 1. The van der Waals surface area contributed by atoms with Crippen LogP contribution in [0.3, 0.4) is 0 Å². The van der Waals surface area contributed by atoms with Crippen LogP contribution in [0.2, 0.25) is 0 Å². The highest BCUT2D eigenvalue weighted by atomic mass is 35.5. The minimum Gasteiger partial charge on any atom is -0.301 e. The molecular formula is C9H12ClN. The van der Waals surface area contributed by atoms with Gasteiger partial charge in [-0.2, -0.15) is 0 Å². The van der Waals surface area contributed by atoms with Crippen molar-refractivity contribution in [3.63, 3.8) is 0 Å². The van der Waals surface area contributed by atoms with Crippen molar-refractivity contribution in [2.45, 2.75) is 12.4 Å². The van der Waals surface area contributed by atoms with Crippen LogP contribution in [0.1, 0.15) is 16.6 Å². The van der Waals surface area contributed by atoms with Crippen molar-refractivity contribution in [1.29, 1.82) is 0 Å². The van der Waals surface area contributed by atoms with Crippen LogP contribution in [0.5, 0.6) is 0 Å². The minimum atomic E-state index is -0.0735. The molecule has 1 atom stereocenters. The van der Waals surface area contributed by atoms with Crippen molar-refractivity contribution >= 4 is 11.6 Å². The lowest BCUT2D eigenvalue weighted by Gasteiger charge is -2.07. The molecule has 0 saturated heterocycles. The maximum Gasteiger partial charge on any atom is 0.108 e. The van der Waals surface area contributed by atoms with Crippen LogP contribution in [-0.4, -0.2) is 7.05 Å². The van der Waals surface area contributed by atoms with Gasteiger partial charge in [-0.3, -0.25) is 0 Å². The Bertz CT molecular complexity index is 218. The van der Waals surface area contributed by atoms with E-state index in [1.165, 1.54) is 5.56 Å². The fourth-order valence-corrected chi connectivity index (χ4v) is 1.05. The summed E-state index contributed by atoms with van der Waals surface area (Å²) in [6.07, 6.45) is 0. The Morgan fingerprint density at radius 1 is 1.27 bits per heavy atom. The Labute approximate surface area is 72.4 Å². The van der Waals surface area contributed by atoms with E-state index in [1.807, 2.05) is 19.2 Å². The number of hydrogen-bond donors (Lipinski definition) is 1. The predicted molar refractivity (Wildman–Crippen MR) is 48.8 cm³/mol. The number of alkyl halides is 1. The third kappa shape index (κ3) is 2.21. The van der Waals surface area contributed by atoms with Gasteiger partial charge in [-0.1, -0.05) is 29.8 Å². The second kappa shape index (κ2) is 3.74. The third-order valence-corrected chi connectivity index (χ3v) is 2.09. The van der Waals surface area contributed by atoms with Crippen LogP contribution in [0, 0.1) is 6.92 Å². The van der Waals surface area contributed by atoms with Gasteiger partial charge in [0.15, 0.2) is 0 Å². The topological polar surface area (TPSA) is 12.0 Å². The maximum atomic E-state index is 5.93. The van der Waals surface area contributed by atoms with Crippen LogP contribution < -0.4 is 5.32 Å². The van der Waals surface area contributed by atoms with Crippen LogP contribution in [0.25, 0.3) is 0 Å². The molecule has 11 heavy (non-hydrogen) atoms. The summed E-state index contributed by atoms with van der Waals surface area (Å²) in [6, 6.07) is 8.18. The van der Waals surface area contributed by atoms with Gasteiger partial charge in [-0.15, -0.1) is 11.6 Å². The Morgan fingerprint density at radius 2 is 1.82 bits per heavy atom. The highest BCUT2D eigenvalue weighted by Crippen LogP contribution is 2.16. The van der Waals surface area contributed by atoms with Crippen molar-refractivity contribution in [3.8, 4) is 0 Å². The first-order chi connectivity index (χ1) is 5.24. The molecule has 1 N–H and O–H groups in total. The molecule has 0 heterocycles. The standard InChI is InChI=1S/C9H12ClN/c1-7-3-5-8(6-4-7)9(10)11-2/h3-6,9,11H,1-2H3. The van der Waals surface area contributed by atoms with Crippen molar-refractivity contribution in [3.05, 3.63) is 35.4 Å². The van der Waals surface area contributed by atoms with Crippen molar-refractivity contribution in [2.24, 2.45) is 0 Å². The largest absolute Gasteiger partial charge is 0.301 e. The quantitative estimate of drug-likeness (QED) is 0.530. The second-order valence-electron chi connectivity index (χ2n) is 2.56. The van der Waals surface area contributed by atoms with Gasteiger partial charge in [-0.25, -0.2) is 0 Å². The zero-order chi connectivity index (χ0) is 8.27. The molecule has 0 bridgehead atoms. The average molecular weight is 170 g/mol. The number of benzene rings is 1.